The molecule has 2 rings (SSSR count). The average Bonchev–Trinajstić information content (AvgIpc) is 2.69. The number of amides is 1. The fourth-order valence-electron chi connectivity index (χ4n) is 3.67. The summed E-state index contributed by atoms with van der Waals surface area (Å²) in [5.41, 5.74) is 2.80. The first-order chi connectivity index (χ1) is 14.1. The van der Waals surface area contributed by atoms with E-state index in [0.717, 1.165) is 36.5 Å². The number of hydrogen-bond acceptors (Lipinski definition) is 4. The van der Waals surface area contributed by atoms with Crippen molar-refractivity contribution >= 4 is 17.6 Å². The largest absolute Gasteiger partial charge is 0.480 e. The zero-order chi connectivity index (χ0) is 22.5. The maximum Gasteiger partial charge on any atom is 0.326 e. The average molecular weight is 414 g/mol. The number of nitrogens with zero attached hydrogens (tertiary/aromatic N) is 2. The van der Waals surface area contributed by atoms with Gasteiger partial charge in [-0.15, -0.1) is 0 Å². The summed E-state index contributed by atoms with van der Waals surface area (Å²) < 4.78 is 0. The van der Waals surface area contributed by atoms with Crippen molar-refractivity contribution in [1.29, 1.82) is 0 Å². The molecule has 0 spiro atoms. The van der Waals surface area contributed by atoms with Crippen molar-refractivity contribution in [3.63, 3.8) is 0 Å². The summed E-state index contributed by atoms with van der Waals surface area (Å²) in [6.07, 6.45) is 1.36. The van der Waals surface area contributed by atoms with Crippen molar-refractivity contribution in [2.75, 3.05) is 26.7 Å². The number of rotatable bonds is 7. The molecule has 1 aromatic carbocycles. The summed E-state index contributed by atoms with van der Waals surface area (Å²) >= 11 is 0. The first-order valence-corrected chi connectivity index (χ1v) is 10.5. The van der Waals surface area contributed by atoms with Gasteiger partial charge in [-0.3, -0.25) is 9.69 Å². The van der Waals surface area contributed by atoms with Crippen molar-refractivity contribution in [2.45, 2.75) is 46.6 Å². The molecule has 0 bridgehead atoms. The molecule has 164 valence electrons. The fraction of sp³-hybridized carbons (Fsp3) is 0.500. The number of carbonyl (C=O) groups is 2. The summed E-state index contributed by atoms with van der Waals surface area (Å²) in [6, 6.07) is 8.97. The van der Waals surface area contributed by atoms with Gasteiger partial charge in [0.15, 0.2) is 0 Å². The number of carboxylic acids is 1. The van der Waals surface area contributed by atoms with Crippen LogP contribution in [0.5, 0.6) is 0 Å². The van der Waals surface area contributed by atoms with Crippen LogP contribution in [-0.4, -0.2) is 59.5 Å². The standard InChI is InChI=1S/C24H35N3O3/c1-7-11-19(22(28)25-21(23(29)30)24(3,4)5)20-16-26(6)14-15-27(20)17(2)18-12-9-8-10-13-18/h8-10,12-13,21H,2,7,11,14-16H2,1,3-6H3,(H,25,28)(H,29,30)/b20-19+. The van der Waals surface area contributed by atoms with Crippen LogP contribution >= 0.6 is 0 Å². The minimum Gasteiger partial charge on any atom is -0.480 e. The predicted octanol–water partition coefficient (Wildman–Crippen LogP) is 3.57. The lowest BCUT2D eigenvalue weighted by atomic mass is 9.86. The number of piperazine rings is 1. The molecule has 1 amide bonds. The van der Waals surface area contributed by atoms with Gasteiger partial charge in [-0.25, -0.2) is 4.79 Å². The lowest BCUT2D eigenvalue weighted by Crippen LogP contribution is -2.50. The molecule has 1 aliphatic heterocycles. The van der Waals surface area contributed by atoms with E-state index in [4.69, 9.17) is 0 Å². The first kappa shape index (κ1) is 23.7. The molecule has 1 aromatic rings. The van der Waals surface area contributed by atoms with E-state index in [-0.39, 0.29) is 5.91 Å². The van der Waals surface area contributed by atoms with Crippen LogP contribution in [0.4, 0.5) is 0 Å². The highest BCUT2D eigenvalue weighted by Gasteiger charge is 2.34. The molecule has 6 heteroatoms. The summed E-state index contributed by atoms with van der Waals surface area (Å²) in [6.45, 7) is 14.0. The van der Waals surface area contributed by atoms with Crippen molar-refractivity contribution in [3.05, 3.63) is 53.7 Å². The molecule has 1 heterocycles. The summed E-state index contributed by atoms with van der Waals surface area (Å²) in [5.74, 6) is -1.33. The number of aliphatic carboxylic acids is 1. The minimum absolute atomic E-state index is 0.310. The van der Waals surface area contributed by atoms with E-state index >= 15 is 0 Å². The van der Waals surface area contributed by atoms with Gasteiger partial charge in [-0.1, -0.05) is 71.0 Å². The SMILES string of the molecule is C=C(c1ccccc1)N1CCN(C)C/C1=C(/CCC)C(=O)NC(C(=O)O)C(C)(C)C. The topological polar surface area (TPSA) is 72.9 Å². The second-order valence-electron chi connectivity index (χ2n) is 8.99. The first-order valence-electron chi connectivity index (χ1n) is 10.5. The van der Waals surface area contributed by atoms with E-state index in [9.17, 15) is 14.7 Å². The number of likely N-dealkylation sites (N-methyl/N-ethyl adjacent to an activating group) is 1. The molecular formula is C24H35N3O3. The number of hydrogen-bond donors (Lipinski definition) is 2. The summed E-state index contributed by atoms with van der Waals surface area (Å²) in [4.78, 5) is 29.4. The van der Waals surface area contributed by atoms with Crippen LogP contribution in [0, 0.1) is 5.41 Å². The lowest BCUT2D eigenvalue weighted by molar-refractivity contribution is -0.144. The Bertz CT molecular complexity index is 809. The third-order valence-corrected chi connectivity index (χ3v) is 5.39. The maximum absolute atomic E-state index is 13.3. The Balaban J connectivity index is 2.45. The molecule has 6 nitrogen and oxygen atoms in total. The van der Waals surface area contributed by atoms with Gasteiger partial charge in [0.25, 0.3) is 0 Å². The number of benzene rings is 1. The highest BCUT2D eigenvalue weighted by atomic mass is 16.4. The van der Waals surface area contributed by atoms with Crippen molar-refractivity contribution in [2.24, 2.45) is 5.41 Å². The molecular weight excluding hydrogens is 378 g/mol. The van der Waals surface area contributed by atoms with Gasteiger partial charge in [0, 0.05) is 36.6 Å². The van der Waals surface area contributed by atoms with E-state index < -0.39 is 17.4 Å². The Kier molecular flexibility index (Phi) is 7.84. The second kappa shape index (κ2) is 9.94. The molecule has 1 saturated heterocycles. The van der Waals surface area contributed by atoms with Crippen molar-refractivity contribution < 1.29 is 14.7 Å². The third-order valence-electron chi connectivity index (χ3n) is 5.39. The van der Waals surface area contributed by atoms with E-state index in [1.165, 1.54) is 0 Å². The zero-order valence-electron chi connectivity index (χ0n) is 18.9. The minimum atomic E-state index is -1.02. The van der Waals surface area contributed by atoms with Crippen molar-refractivity contribution in [3.8, 4) is 0 Å². The number of nitrogens with one attached hydrogen (secondary N) is 1. The Labute approximate surface area is 180 Å². The van der Waals surface area contributed by atoms with Gasteiger partial charge < -0.3 is 15.3 Å². The van der Waals surface area contributed by atoms with E-state index in [1.807, 2.05) is 65.1 Å². The molecule has 1 fully saturated rings. The monoisotopic (exact) mass is 413 g/mol. The molecule has 0 aromatic heterocycles. The Hall–Kier alpha value is -2.60. The molecule has 0 radical (unpaired) electrons. The highest BCUT2D eigenvalue weighted by molar-refractivity contribution is 5.97. The normalized spacial score (nSPS) is 18.0. The molecule has 1 unspecified atom stereocenters. The van der Waals surface area contributed by atoms with Crippen molar-refractivity contribution in [1.82, 2.24) is 15.1 Å². The quantitative estimate of drug-likeness (QED) is 0.669. The maximum atomic E-state index is 13.3. The van der Waals surface area contributed by atoms with Gasteiger partial charge in [0.2, 0.25) is 5.91 Å². The van der Waals surface area contributed by atoms with Crippen LogP contribution in [0.1, 0.15) is 46.1 Å². The highest BCUT2D eigenvalue weighted by Crippen LogP contribution is 2.29. The Morgan fingerprint density at radius 3 is 2.37 bits per heavy atom. The second-order valence-corrected chi connectivity index (χ2v) is 8.99. The number of carbonyl (C=O) groups excluding carboxylic acids is 1. The van der Waals surface area contributed by atoms with Crippen LogP contribution < -0.4 is 5.32 Å². The number of carboxylic acid groups (broad SMARTS) is 1. The molecule has 1 aliphatic rings. The Morgan fingerprint density at radius 2 is 1.83 bits per heavy atom. The summed E-state index contributed by atoms with van der Waals surface area (Å²) in [7, 11) is 2.03. The van der Waals surface area contributed by atoms with Crippen LogP contribution in [0.15, 0.2) is 48.2 Å². The predicted molar refractivity (Wildman–Crippen MR) is 121 cm³/mol. The van der Waals surface area contributed by atoms with E-state index in [2.05, 4.69) is 21.7 Å². The van der Waals surface area contributed by atoms with Crippen LogP contribution in [-0.2, 0) is 9.59 Å². The third kappa shape index (κ3) is 5.72. The zero-order valence-corrected chi connectivity index (χ0v) is 18.9. The van der Waals surface area contributed by atoms with Crippen LogP contribution in [0.2, 0.25) is 0 Å². The molecule has 2 N–H and O–H groups in total. The van der Waals surface area contributed by atoms with Gasteiger partial charge in [0.05, 0.1) is 0 Å². The molecule has 1 atom stereocenters. The Morgan fingerprint density at radius 1 is 1.20 bits per heavy atom. The van der Waals surface area contributed by atoms with Crippen LogP contribution in [0.3, 0.4) is 0 Å². The van der Waals surface area contributed by atoms with Gasteiger partial charge >= 0.3 is 5.97 Å². The van der Waals surface area contributed by atoms with E-state index in [1.54, 1.807) is 0 Å². The fourth-order valence-corrected chi connectivity index (χ4v) is 3.67. The molecule has 0 saturated carbocycles. The van der Waals surface area contributed by atoms with Crippen LogP contribution in [0.25, 0.3) is 5.70 Å². The lowest BCUT2D eigenvalue weighted by Gasteiger charge is -2.39. The van der Waals surface area contributed by atoms with E-state index in [0.29, 0.717) is 18.5 Å². The van der Waals surface area contributed by atoms with Gasteiger partial charge in [0.1, 0.15) is 6.04 Å². The summed E-state index contributed by atoms with van der Waals surface area (Å²) in [5, 5.41) is 12.4. The molecule has 30 heavy (non-hydrogen) atoms. The van der Waals surface area contributed by atoms with Gasteiger partial charge in [-0.05, 0) is 24.4 Å². The smallest absolute Gasteiger partial charge is 0.326 e. The molecule has 0 aliphatic carbocycles. The van der Waals surface area contributed by atoms with Gasteiger partial charge in [-0.2, -0.15) is 0 Å².